The van der Waals surface area contributed by atoms with E-state index in [-0.39, 0.29) is 42.2 Å². The van der Waals surface area contributed by atoms with E-state index in [9.17, 15) is 18.0 Å². The molecule has 2 heterocycles. The van der Waals surface area contributed by atoms with Gasteiger partial charge in [0.05, 0.1) is 30.2 Å². The quantitative estimate of drug-likeness (QED) is 0.678. The molecule has 0 aliphatic carbocycles. The number of amides is 2. The van der Waals surface area contributed by atoms with Crippen molar-refractivity contribution in [3.8, 4) is 0 Å². The van der Waals surface area contributed by atoms with Gasteiger partial charge in [-0.05, 0) is 13.3 Å². The molecule has 0 aromatic rings. The molecule has 2 atom stereocenters. The first kappa shape index (κ1) is 17.9. The predicted molar refractivity (Wildman–Crippen MR) is 84.7 cm³/mol. The Hall–Kier alpha value is -1.48. The smallest absolute Gasteiger partial charge is 0.270 e. The van der Waals surface area contributed by atoms with Crippen LogP contribution < -0.4 is 0 Å². The lowest BCUT2D eigenvalue weighted by Crippen LogP contribution is -2.46. The van der Waals surface area contributed by atoms with E-state index in [1.54, 1.807) is 14.2 Å². The van der Waals surface area contributed by atoms with Crippen molar-refractivity contribution in [3.05, 3.63) is 0 Å². The van der Waals surface area contributed by atoms with Crippen molar-refractivity contribution in [1.29, 1.82) is 0 Å². The Morgan fingerprint density at radius 3 is 2.74 bits per heavy atom. The summed E-state index contributed by atoms with van der Waals surface area (Å²) in [6.07, 6.45) is 0.820. The van der Waals surface area contributed by atoms with Crippen molar-refractivity contribution in [1.82, 2.24) is 9.91 Å². The zero-order valence-corrected chi connectivity index (χ0v) is 14.5. The lowest BCUT2D eigenvalue weighted by Gasteiger charge is -2.30. The summed E-state index contributed by atoms with van der Waals surface area (Å²) >= 11 is 0. The fourth-order valence-corrected chi connectivity index (χ4v) is 4.43. The molecule has 0 unspecified atom stereocenters. The van der Waals surface area contributed by atoms with Crippen molar-refractivity contribution in [2.75, 3.05) is 32.3 Å². The summed E-state index contributed by atoms with van der Waals surface area (Å²) in [4.78, 5) is 26.1. The Bertz CT molecular complexity index is 616. The van der Waals surface area contributed by atoms with E-state index in [1.807, 2.05) is 6.92 Å². The fraction of sp³-hybridized carbons (Fsp3) is 0.786. The number of hydrogen-bond donors (Lipinski definition) is 0. The molecule has 0 aromatic carbocycles. The maximum Gasteiger partial charge on any atom is 0.270 e. The van der Waals surface area contributed by atoms with E-state index in [2.05, 4.69) is 5.10 Å². The second-order valence-electron chi connectivity index (χ2n) is 6.06. The van der Waals surface area contributed by atoms with Crippen LogP contribution in [0.2, 0.25) is 0 Å². The minimum absolute atomic E-state index is 0.0605. The van der Waals surface area contributed by atoms with Gasteiger partial charge in [0, 0.05) is 27.0 Å². The molecule has 0 saturated carbocycles. The van der Waals surface area contributed by atoms with Gasteiger partial charge in [-0.2, -0.15) is 5.10 Å². The zero-order chi connectivity index (χ0) is 17.2. The SMILES string of the molecule is COC[C@H](C)N(C)C(=O)C1=NN([C@H]2CCS(=O)(=O)C2)C(=O)CC1. The van der Waals surface area contributed by atoms with Crippen molar-refractivity contribution < 1.29 is 22.7 Å². The molecule has 0 spiro atoms. The number of sulfone groups is 1. The van der Waals surface area contributed by atoms with Gasteiger partial charge in [-0.1, -0.05) is 0 Å². The van der Waals surface area contributed by atoms with E-state index < -0.39 is 15.9 Å². The van der Waals surface area contributed by atoms with Crippen LogP contribution in [0.1, 0.15) is 26.2 Å². The molecule has 8 nitrogen and oxygen atoms in total. The van der Waals surface area contributed by atoms with Gasteiger partial charge < -0.3 is 9.64 Å². The van der Waals surface area contributed by atoms with Crippen LogP contribution >= 0.6 is 0 Å². The average Bonchev–Trinajstić information content (AvgIpc) is 2.86. The van der Waals surface area contributed by atoms with E-state index in [1.165, 1.54) is 9.91 Å². The van der Waals surface area contributed by atoms with Gasteiger partial charge >= 0.3 is 0 Å². The first-order chi connectivity index (χ1) is 10.7. The third-order valence-electron chi connectivity index (χ3n) is 4.25. The molecular formula is C14H23N3O5S. The second kappa shape index (κ2) is 6.96. The summed E-state index contributed by atoms with van der Waals surface area (Å²) in [7, 11) is 0.107. The normalized spacial score (nSPS) is 25.2. The maximum atomic E-state index is 12.5. The Labute approximate surface area is 136 Å². The van der Waals surface area contributed by atoms with Crippen LogP contribution in [0.3, 0.4) is 0 Å². The van der Waals surface area contributed by atoms with Gasteiger partial charge in [0.1, 0.15) is 5.71 Å². The largest absolute Gasteiger partial charge is 0.383 e. The number of nitrogens with zero attached hydrogens (tertiary/aromatic N) is 3. The topological polar surface area (TPSA) is 96.3 Å². The Kier molecular flexibility index (Phi) is 5.41. The second-order valence-corrected chi connectivity index (χ2v) is 8.29. The molecular weight excluding hydrogens is 322 g/mol. The van der Waals surface area contributed by atoms with Crippen LogP contribution in [0.5, 0.6) is 0 Å². The van der Waals surface area contributed by atoms with Crippen LogP contribution in [-0.4, -0.2) is 80.2 Å². The molecule has 1 saturated heterocycles. The highest BCUT2D eigenvalue weighted by Crippen LogP contribution is 2.22. The molecule has 2 aliphatic rings. The number of hydrogen-bond acceptors (Lipinski definition) is 6. The van der Waals surface area contributed by atoms with E-state index in [4.69, 9.17) is 4.74 Å². The molecule has 0 bridgehead atoms. The summed E-state index contributed by atoms with van der Waals surface area (Å²) in [5.41, 5.74) is 0.291. The van der Waals surface area contributed by atoms with Gasteiger partial charge in [-0.3, -0.25) is 9.59 Å². The zero-order valence-electron chi connectivity index (χ0n) is 13.7. The van der Waals surface area contributed by atoms with Gasteiger partial charge in [0.25, 0.3) is 5.91 Å². The minimum atomic E-state index is -3.12. The Balaban J connectivity index is 2.14. The highest BCUT2D eigenvalue weighted by molar-refractivity contribution is 7.91. The summed E-state index contributed by atoms with van der Waals surface area (Å²) in [5.74, 6) is -0.505. The van der Waals surface area contributed by atoms with Gasteiger partial charge in [-0.15, -0.1) is 0 Å². The summed E-state index contributed by atoms with van der Waals surface area (Å²) in [6.45, 7) is 2.26. The number of ether oxygens (including phenoxy) is 1. The van der Waals surface area contributed by atoms with Crippen LogP contribution in [0.15, 0.2) is 5.10 Å². The molecule has 0 radical (unpaired) electrons. The molecule has 9 heteroatoms. The molecule has 23 heavy (non-hydrogen) atoms. The van der Waals surface area contributed by atoms with E-state index in [0.29, 0.717) is 18.7 Å². The summed E-state index contributed by atoms with van der Waals surface area (Å²) < 4.78 is 28.2. The van der Waals surface area contributed by atoms with Crippen molar-refractivity contribution in [3.63, 3.8) is 0 Å². The van der Waals surface area contributed by atoms with Gasteiger partial charge in [-0.25, -0.2) is 13.4 Å². The minimum Gasteiger partial charge on any atom is -0.383 e. The first-order valence-electron chi connectivity index (χ1n) is 7.61. The standard InChI is InChI=1S/C14H23N3O5S/c1-10(8-22-3)16(2)14(19)12-4-5-13(18)17(15-12)11-6-7-23(20,21)9-11/h10-11H,4-9H2,1-3H3/t10-,11-/m0/s1. The number of likely N-dealkylation sites (N-methyl/N-ethyl adjacent to an activating group) is 1. The molecule has 2 rings (SSSR count). The average molecular weight is 345 g/mol. The Morgan fingerprint density at radius 1 is 1.48 bits per heavy atom. The number of rotatable bonds is 5. The van der Waals surface area contributed by atoms with Crippen molar-refractivity contribution in [2.45, 2.75) is 38.3 Å². The molecule has 0 N–H and O–H groups in total. The number of hydrazone groups is 1. The lowest BCUT2D eigenvalue weighted by molar-refractivity contribution is -0.134. The van der Waals surface area contributed by atoms with Crippen LogP contribution in [0.4, 0.5) is 0 Å². The first-order valence-corrected chi connectivity index (χ1v) is 9.43. The van der Waals surface area contributed by atoms with E-state index >= 15 is 0 Å². The molecule has 130 valence electrons. The van der Waals surface area contributed by atoms with Gasteiger partial charge in [0.2, 0.25) is 5.91 Å². The van der Waals surface area contributed by atoms with Gasteiger partial charge in [0.15, 0.2) is 9.84 Å². The predicted octanol–water partition coefficient (Wildman–Crippen LogP) is -0.355. The Morgan fingerprint density at radius 2 is 2.17 bits per heavy atom. The summed E-state index contributed by atoms with van der Waals surface area (Å²) in [5, 5.41) is 5.38. The fourth-order valence-electron chi connectivity index (χ4n) is 2.74. The maximum absolute atomic E-state index is 12.5. The summed E-state index contributed by atoms with van der Waals surface area (Å²) in [6, 6.07) is -0.578. The highest BCUT2D eigenvalue weighted by atomic mass is 32.2. The number of carbonyl (C=O) groups excluding carboxylic acids is 2. The lowest BCUT2D eigenvalue weighted by atomic mass is 10.1. The number of methoxy groups -OCH3 is 1. The van der Waals surface area contributed by atoms with E-state index in [0.717, 1.165) is 0 Å². The molecule has 2 aliphatic heterocycles. The highest BCUT2D eigenvalue weighted by Gasteiger charge is 2.37. The molecule has 0 aromatic heterocycles. The third kappa shape index (κ3) is 4.08. The third-order valence-corrected chi connectivity index (χ3v) is 6.00. The van der Waals surface area contributed by atoms with Crippen LogP contribution in [-0.2, 0) is 24.2 Å². The van der Waals surface area contributed by atoms with Crippen LogP contribution in [0, 0.1) is 0 Å². The van der Waals surface area contributed by atoms with Crippen molar-refractivity contribution >= 4 is 27.4 Å². The number of carbonyl (C=O) groups is 2. The van der Waals surface area contributed by atoms with Crippen molar-refractivity contribution in [2.24, 2.45) is 5.10 Å². The monoisotopic (exact) mass is 345 g/mol. The molecule has 2 amide bonds. The molecule has 1 fully saturated rings. The van der Waals surface area contributed by atoms with Crippen LogP contribution in [0.25, 0.3) is 0 Å².